The summed E-state index contributed by atoms with van der Waals surface area (Å²) >= 11 is 0. The highest BCUT2D eigenvalue weighted by atomic mass is 16.2. The van der Waals surface area contributed by atoms with Crippen molar-refractivity contribution in [1.82, 2.24) is 4.90 Å². The highest BCUT2D eigenvalue weighted by molar-refractivity contribution is 6.06. The zero-order valence-corrected chi connectivity index (χ0v) is 27.5. The van der Waals surface area contributed by atoms with Gasteiger partial charge in [-0.25, -0.2) is 0 Å². The molecular formula is C39H48N4O2. The fourth-order valence-electron chi connectivity index (χ4n) is 5.39. The number of anilines is 2. The van der Waals surface area contributed by atoms with Gasteiger partial charge in [-0.2, -0.15) is 0 Å². The van der Waals surface area contributed by atoms with E-state index in [-0.39, 0.29) is 17.2 Å². The van der Waals surface area contributed by atoms with E-state index in [9.17, 15) is 9.59 Å². The van der Waals surface area contributed by atoms with Crippen LogP contribution in [0.4, 0.5) is 11.4 Å². The number of hydrogen-bond donors (Lipinski definition) is 2. The topological polar surface area (TPSA) is 78.7 Å². The molecular weight excluding hydrogens is 556 g/mol. The summed E-state index contributed by atoms with van der Waals surface area (Å²) in [7, 11) is 2.07. The number of benzene rings is 4. The summed E-state index contributed by atoms with van der Waals surface area (Å²) < 4.78 is 0. The van der Waals surface area contributed by atoms with Gasteiger partial charge in [-0.3, -0.25) is 9.59 Å². The van der Waals surface area contributed by atoms with Crippen molar-refractivity contribution < 1.29 is 9.59 Å². The van der Waals surface area contributed by atoms with Gasteiger partial charge in [0.1, 0.15) is 0 Å². The number of nitrogens with one attached hydrogen (secondary N) is 1. The first-order valence-corrected chi connectivity index (χ1v) is 15.9. The first kappa shape index (κ1) is 33.5. The number of carbonyl (C=O) groups excluding carboxylic acids is 2. The Labute approximate surface area is 269 Å². The lowest BCUT2D eigenvalue weighted by Gasteiger charge is -2.27. The molecule has 4 rings (SSSR count). The minimum absolute atomic E-state index is 0.122. The average Bonchev–Trinajstić information content (AvgIpc) is 3.03. The second-order valence-corrected chi connectivity index (χ2v) is 13.0. The zero-order chi connectivity index (χ0) is 32.4. The average molecular weight is 605 g/mol. The Bertz CT molecular complexity index is 1580. The quantitative estimate of drug-likeness (QED) is 0.161. The van der Waals surface area contributed by atoms with E-state index in [0.29, 0.717) is 31.6 Å². The van der Waals surface area contributed by atoms with Crippen molar-refractivity contribution in [2.45, 2.75) is 66.6 Å². The Kier molecular flexibility index (Phi) is 11.6. The van der Waals surface area contributed by atoms with Gasteiger partial charge in [0, 0.05) is 45.2 Å². The number of hydrogen-bond acceptors (Lipinski definition) is 4. The lowest BCUT2D eigenvalue weighted by atomic mass is 9.91. The molecule has 0 fully saturated rings. The molecule has 0 aliphatic heterocycles. The van der Waals surface area contributed by atoms with E-state index in [2.05, 4.69) is 93.5 Å². The van der Waals surface area contributed by atoms with Crippen LogP contribution in [-0.2, 0) is 24.4 Å². The van der Waals surface area contributed by atoms with Crippen molar-refractivity contribution >= 4 is 23.2 Å². The number of nitrogens with two attached hydrogens (primary N) is 1. The Hall–Kier alpha value is -4.42. The maximum atomic E-state index is 13.6. The number of rotatable bonds is 13. The minimum Gasteiger partial charge on any atom is -0.373 e. The third-order valence-electron chi connectivity index (χ3n) is 7.81. The van der Waals surface area contributed by atoms with Crippen LogP contribution in [0.1, 0.15) is 74.0 Å². The summed E-state index contributed by atoms with van der Waals surface area (Å²) in [5.41, 5.74) is 13.3. The molecule has 2 amide bonds. The smallest absolute Gasteiger partial charge is 0.255 e. The molecule has 6 nitrogen and oxygen atoms in total. The van der Waals surface area contributed by atoms with E-state index in [1.54, 1.807) is 0 Å². The van der Waals surface area contributed by atoms with Gasteiger partial charge in [0.25, 0.3) is 5.91 Å². The van der Waals surface area contributed by atoms with Crippen molar-refractivity contribution in [2.75, 3.05) is 23.8 Å². The Morgan fingerprint density at radius 2 is 1.42 bits per heavy atom. The van der Waals surface area contributed by atoms with Crippen LogP contribution in [-0.4, -0.2) is 30.3 Å². The molecule has 236 valence electrons. The molecule has 45 heavy (non-hydrogen) atoms. The van der Waals surface area contributed by atoms with Gasteiger partial charge in [0.15, 0.2) is 0 Å². The van der Waals surface area contributed by atoms with Crippen LogP contribution >= 0.6 is 0 Å². The molecule has 4 aromatic rings. The fourth-order valence-corrected chi connectivity index (χ4v) is 5.39. The summed E-state index contributed by atoms with van der Waals surface area (Å²) in [6.07, 6.45) is 2.61. The molecule has 0 aromatic heterocycles. The molecule has 0 heterocycles. The van der Waals surface area contributed by atoms with Crippen LogP contribution in [0.5, 0.6) is 0 Å². The van der Waals surface area contributed by atoms with E-state index in [1.165, 1.54) is 0 Å². The van der Waals surface area contributed by atoms with E-state index < -0.39 is 0 Å². The van der Waals surface area contributed by atoms with Crippen LogP contribution in [0.3, 0.4) is 0 Å². The summed E-state index contributed by atoms with van der Waals surface area (Å²) in [6.45, 7) is 10.8. The number of unbranched alkanes of at least 4 members (excludes halogenated alkanes) is 1. The summed E-state index contributed by atoms with van der Waals surface area (Å²) in [5.74, 6) is -0.0187. The third-order valence-corrected chi connectivity index (χ3v) is 7.81. The summed E-state index contributed by atoms with van der Waals surface area (Å²) in [4.78, 5) is 30.9. The lowest BCUT2D eigenvalue weighted by Crippen LogP contribution is -2.32. The maximum absolute atomic E-state index is 13.6. The van der Waals surface area contributed by atoms with E-state index in [1.807, 2.05) is 53.4 Å². The molecule has 0 atom stereocenters. The monoisotopic (exact) mass is 604 g/mol. The van der Waals surface area contributed by atoms with Gasteiger partial charge < -0.3 is 20.9 Å². The lowest BCUT2D eigenvalue weighted by molar-refractivity contribution is -0.134. The van der Waals surface area contributed by atoms with Gasteiger partial charge in [0.2, 0.25) is 5.91 Å². The van der Waals surface area contributed by atoms with Crippen LogP contribution in [0, 0.1) is 5.41 Å². The first-order chi connectivity index (χ1) is 21.6. The molecule has 4 aromatic carbocycles. The molecule has 0 unspecified atom stereocenters. The van der Waals surface area contributed by atoms with Crippen LogP contribution in [0.15, 0.2) is 97.1 Å². The van der Waals surface area contributed by atoms with Gasteiger partial charge in [-0.15, -0.1) is 0 Å². The van der Waals surface area contributed by atoms with E-state index in [4.69, 9.17) is 5.73 Å². The zero-order valence-electron chi connectivity index (χ0n) is 27.5. The number of carbonyl (C=O) groups is 2. The molecule has 0 aliphatic rings. The van der Waals surface area contributed by atoms with Crippen LogP contribution < -0.4 is 16.0 Å². The molecule has 6 heteroatoms. The Morgan fingerprint density at radius 3 is 2.09 bits per heavy atom. The molecule has 0 saturated carbocycles. The van der Waals surface area contributed by atoms with Gasteiger partial charge in [0.05, 0.1) is 11.4 Å². The van der Waals surface area contributed by atoms with Gasteiger partial charge >= 0.3 is 0 Å². The van der Waals surface area contributed by atoms with Crippen molar-refractivity contribution in [3.8, 4) is 11.1 Å². The molecule has 0 aliphatic carbocycles. The van der Waals surface area contributed by atoms with Gasteiger partial charge in [-0.05, 0) is 70.0 Å². The second kappa shape index (κ2) is 15.5. The van der Waals surface area contributed by atoms with Crippen LogP contribution in [0.25, 0.3) is 11.1 Å². The van der Waals surface area contributed by atoms with Crippen molar-refractivity contribution in [2.24, 2.45) is 11.1 Å². The van der Waals surface area contributed by atoms with Gasteiger partial charge in [-0.1, -0.05) is 101 Å². The van der Waals surface area contributed by atoms with Crippen LogP contribution in [0.2, 0.25) is 0 Å². The Morgan fingerprint density at radius 1 is 0.778 bits per heavy atom. The third kappa shape index (κ3) is 9.79. The van der Waals surface area contributed by atoms with E-state index in [0.717, 1.165) is 58.6 Å². The molecule has 0 spiro atoms. The highest BCUT2D eigenvalue weighted by Crippen LogP contribution is 2.33. The van der Waals surface area contributed by atoms with Crippen molar-refractivity contribution in [3.63, 3.8) is 0 Å². The predicted octanol–water partition coefficient (Wildman–Crippen LogP) is 8.27. The van der Waals surface area contributed by atoms with Crippen molar-refractivity contribution in [3.05, 3.63) is 119 Å². The predicted molar refractivity (Wildman–Crippen MR) is 187 cm³/mol. The maximum Gasteiger partial charge on any atom is 0.255 e. The molecule has 0 radical (unpaired) electrons. The number of nitrogens with zero attached hydrogens (tertiary/aromatic N) is 2. The standard InChI is InChI=1S/C39H48N4O2/c1-6-7-21-42(5)36-20-19-34(24-35(36)41-38(45)32-16-9-8-10-17-32)33-18-12-15-31(23-33)28-43(37(44)25-39(2,3)4)27-30-14-11-13-29(22-30)26-40/h8-20,22-24H,6-7,21,25-28,40H2,1-5H3,(H,41,45). The molecule has 0 saturated heterocycles. The SMILES string of the molecule is CCCCN(C)c1ccc(-c2cccc(CN(Cc3cccc(CN)c3)C(=O)CC(C)(C)C)c2)cc1NC(=O)c1ccccc1. The Balaban J connectivity index is 1.64. The normalized spacial score (nSPS) is 11.2. The van der Waals surface area contributed by atoms with E-state index >= 15 is 0 Å². The summed E-state index contributed by atoms with van der Waals surface area (Å²) in [5, 5.41) is 3.17. The highest BCUT2D eigenvalue weighted by Gasteiger charge is 2.22. The van der Waals surface area contributed by atoms with Crippen molar-refractivity contribution in [1.29, 1.82) is 0 Å². The molecule has 0 bridgehead atoms. The summed E-state index contributed by atoms with van der Waals surface area (Å²) in [6, 6.07) is 32.0. The minimum atomic E-state index is -0.140. The first-order valence-electron chi connectivity index (χ1n) is 15.9. The largest absolute Gasteiger partial charge is 0.373 e. The number of amides is 2. The molecule has 3 N–H and O–H groups in total. The fraction of sp³-hybridized carbons (Fsp3) is 0.333. The second-order valence-electron chi connectivity index (χ2n) is 13.0.